The second-order valence-electron chi connectivity index (χ2n) is 5.29. The highest BCUT2D eigenvalue weighted by atomic mass is 32.1. The monoisotopic (exact) mass is 344 g/mol. The number of thiocarbonyl (C=S) groups is 1. The van der Waals surface area contributed by atoms with Crippen LogP contribution in [0, 0.1) is 13.8 Å². The van der Waals surface area contributed by atoms with Crippen molar-refractivity contribution >= 4 is 28.9 Å². The molecule has 24 heavy (non-hydrogen) atoms. The first-order valence-corrected chi connectivity index (χ1v) is 7.77. The third-order valence-corrected chi connectivity index (χ3v) is 3.71. The fraction of sp³-hybridized carbons (Fsp3) is 0.222. The molecule has 0 aromatic heterocycles. The molecule has 0 atom stereocenters. The molecular formula is C18H20N2O3S. The summed E-state index contributed by atoms with van der Waals surface area (Å²) in [7, 11) is 3.13. The van der Waals surface area contributed by atoms with Crippen LogP contribution >= 0.6 is 12.2 Å². The Bertz CT molecular complexity index is 775. The molecule has 5 nitrogen and oxygen atoms in total. The molecular weight excluding hydrogens is 324 g/mol. The lowest BCUT2D eigenvalue weighted by Crippen LogP contribution is -2.34. The van der Waals surface area contributed by atoms with Crippen LogP contribution in [0.2, 0.25) is 0 Å². The van der Waals surface area contributed by atoms with Gasteiger partial charge in [-0.3, -0.25) is 10.1 Å². The number of aryl methyl sites for hydroxylation is 2. The largest absolute Gasteiger partial charge is 0.497 e. The van der Waals surface area contributed by atoms with Gasteiger partial charge in [-0.1, -0.05) is 17.7 Å². The van der Waals surface area contributed by atoms with Crippen molar-refractivity contribution in [3.05, 3.63) is 53.1 Å². The quantitative estimate of drug-likeness (QED) is 0.832. The summed E-state index contributed by atoms with van der Waals surface area (Å²) in [5.41, 5.74) is 3.24. The van der Waals surface area contributed by atoms with E-state index in [-0.39, 0.29) is 11.0 Å². The summed E-state index contributed by atoms with van der Waals surface area (Å²) in [6, 6.07) is 10.9. The van der Waals surface area contributed by atoms with E-state index < -0.39 is 0 Å². The number of benzene rings is 2. The van der Waals surface area contributed by atoms with E-state index in [2.05, 4.69) is 10.6 Å². The number of hydrogen-bond acceptors (Lipinski definition) is 4. The van der Waals surface area contributed by atoms with E-state index in [1.165, 1.54) is 0 Å². The molecule has 2 rings (SSSR count). The summed E-state index contributed by atoms with van der Waals surface area (Å²) in [6.07, 6.45) is 0. The zero-order valence-corrected chi connectivity index (χ0v) is 14.9. The second kappa shape index (κ2) is 7.79. The maximum absolute atomic E-state index is 12.3. The Morgan fingerprint density at radius 2 is 1.79 bits per heavy atom. The lowest BCUT2D eigenvalue weighted by Gasteiger charge is -2.14. The summed E-state index contributed by atoms with van der Waals surface area (Å²) in [6.45, 7) is 3.88. The van der Waals surface area contributed by atoms with Crippen LogP contribution < -0.4 is 20.1 Å². The minimum absolute atomic E-state index is 0.198. The lowest BCUT2D eigenvalue weighted by atomic mass is 10.1. The average molecular weight is 344 g/mol. The van der Waals surface area contributed by atoms with Gasteiger partial charge in [-0.15, -0.1) is 0 Å². The van der Waals surface area contributed by atoms with E-state index in [9.17, 15) is 4.79 Å². The number of carbonyl (C=O) groups is 1. The molecule has 2 aromatic carbocycles. The number of rotatable bonds is 4. The normalized spacial score (nSPS) is 10.0. The molecule has 0 bridgehead atoms. The molecule has 0 fully saturated rings. The smallest absolute Gasteiger partial charge is 0.257 e. The van der Waals surface area contributed by atoms with Crippen molar-refractivity contribution in [2.75, 3.05) is 19.5 Å². The van der Waals surface area contributed by atoms with Crippen molar-refractivity contribution in [2.24, 2.45) is 0 Å². The van der Waals surface area contributed by atoms with E-state index >= 15 is 0 Å². The highest BCUT2D eigenvalue weighted by Crippen LogP contribution is 2.28. The highest BCUT2D eigenvalue weighted by molar-refractivity contribution is 7.80. The van der Waals surface area contributed by atoms with Gasteiger partial charge in [-0.2, -0.15) is 0 Å². The van der Waals surface area contributed by atoms with Gasteiger partial charge in [0.2, 0.25) is 0 Å². The molecule has 0 saturated carbocycles. The molecule has 126 valence electrons. The number of carbonyl (C=O) groups excluding carboxylic acids is 1. The van der Waals surface area contributed by atoms with E-state index in [0.29, 0.717) is 22.7 Å². The second-order valence-corrected chi connectivity index (χ2v) is 5.70. The van der Waals surface area contributed by atoms with E-state index in [1.807, 2.05) is 26.0 Å². The predicted octanol–water partition coefficient (Wildman–Crippen LogP) is 3.45. The van der Waals surface area contributed by atoms with Gasteiger partial charge < -0.3 is 14.8 Å². The Hall–Kier alpha value is -2.60. The van der Waals surface area contributed by atoms with Crippen molar-refractivity contribution in [3.8, 4) is 11.5 Å². The third kappa shape index (κ3) is 4.23. The minimum Gasteiger partial charge on any atom is -0.497 e. The number of ether oxygens (including phenoxy) is 2. The van der Waals surface area contributed by atoms with Gasteiger partial charge in [0, 0.05) is 11.6 Å². The van der Waals surface area contributed by atoms with Gasteiger partial charge in [-0.05, 0) is 49.8 Å². The Balaban J connectivity index is 2.09. The van der Waals surface area contributed by atoms with Crippen molar-refractivity contribution in [1.82, 2.24) is 5.32 Å². The molecule has 0 aliphatic carbocycles. The topological polar surface area (TPSA) is 59.6 Å². The number of nitrogens with one attached hydrogen (secondary N) is 2. The third-order valence-electron chi connectivity index (χ3n) is 3.51. The van der Waals surface area contributed by atoms with Crippen LogP contribution in [0.15, 0.2) is 36.4 Å². The lowest BCUT2D eigenvalue weighted by molar-refractivity contribution is 0.0977. The number of hydrogen-bond donors (Lipinski definition) is 2. The van der Waals surface area contributed by atoms with Gasteiger partial charge >= 0.3 is 0 Å². The van der Waals surface area contributed by atoms with Crippen molar-refractivity contribution in [1.29, 1.82) is 0 Å². The van der Waals surface area contributed by atoms with E-state index in [0.717, 1.165) is 11.1 Å². The number of amides is 1. The molecule has 0 spiro atoms. The summed E-state index contributed by atoms with van der Waals surface area (Å²) >= 11 is 5.22. The molecule has 6 heteroatoms. The van der Waals surface area contributed by atoms with Crippen molar-refractivity contribution in [3.63, 3.8) is 0 Å². The van der Waals surface area contributed by atoms with Crippen LogP contribution in [0.4, 0.5) is 5.69 Å². The molecule has 0 unspecified atom stereocenters. The maximum Gasteiger partial charge on any atom is 0.257 e. The summed E-state index contributed by atoms with van der Waals surface area (Å²) < 4.78 is 10.4. The standard InChI is InChI=1S/C18H20N2O3S/c1-11-5-7-14(12(2)9-11)17(21)20-18(24)19-15-8-6-13(22-3)10-16(15)23-4/h5-10H,1-4H3,(H2,19,20,21,24). The van der Waals surface area contributed by atoms with Crippen LogP contribution in [0.25, 0.3) is 0 Å². The Morgan fingerprint density at radius 3 is 2.42 bits per heavy atom. The first-order valence-electron chi connectivity index (χ1n) is 7.36. The predicted molar refractivity (Wildman–Crippen MR) is 99.1 cm³/mol. The van der Waals surface area contributed by atoms with Crippen LogP contribution in [-0.2, 0) is 0 Å². The van der Waals surface area contributed by atoms with Gasteiger partial charge in [0.15, 0.2) is 5.11 Å². The van der Waals surface area contributed by atoms with Gasteiger partial charge in [0.25, 0.3) is 5.91 Å². The SMILES string of the molecule is COc1ccc(NC(=S)NC(=O)c2ccc(C)cc2C)c(OC)c1. The van der Waals surface area contributed by atoms with Crippen molar-refractivity contribution < 1.29 is 14.3 Å². The first kappa shape index (κ1) is 17.7. The van der Waals surface area contributed by atoms with Gasteiger partial charge in [-0.25, -0.2) is 0 Å². The molecule has 0 radical (unpaired) electrons. The molecule has 0 saturated heterocycles. The Labute approximate surface area is 147 Å². The van der Waals surface area contributed by atoms with Crippen molar-refractivity contribution in [2.45, 2.75) is 13.8 Å². The van der Waals surface area contributed by atoms with E-state index in [4.69, 9.17) is 21.7 Å². The fourth-order valence-corrected chi connectivity index (χ4v) is 2.50. The molecule has 1 amide bonds. The Morgan fingerprint density at radius 1 is 1.04 bits per heavy atom. The number of methoxy groups -OCH3 is 2. The van der Waals surface area contributed by atoms with E-state index in [1.54, 1.807) is 38.5 Å². The van der Waals surface area contributed by atoms with Crippen LogP contribution in [-0.4, -0.2) is 25.2 Å². The highest BCUT2D eigenvalue weighted by Gasteiger charge is 2.12. The summed E-state index contributed by atoms with van der Waals surface area (Å²) in [4.78, 5) is 12.3. The summed E-state index contributed by atoms with van der Waals surface area (Å²) in [5, 5.41) is 5.84. The molecule has 0 heterocycles. The molecule has 2 aromatic rings. The number of anilines is 1. The minimum atomic E-state index is -0.252. The van der Waals surface area contributed by atoms with Crippen LogP contribution in [0.1, 0.15) is 21.5 Å². The van der Waals surface area contributed by atoms with Crippen LogP contribution in [0.3, 0.4) is 0 Å². The van der Waals surface area contributed by atoms with Gasteiger partial charge in [0.05, 0.1) is 19.9 Å². The summed E-state index contributed by atoms with van der Waals surface area (Å²) in [5.74, 6) is 0.984. The van der Waals surface area contributed by atoms with Gasteiger partial charge in [0.1, 0.15) is 11.5 Å². The maximum atomic E-state index is 12.3. The molecule has 0 aliphatic rings. The average Bonchev–Trinajstić information content (AvgIpc) is 2.54. The fourth-order valence-electron chi connectivity index (χ4n) is 2.29. The molecule has 0 aliphatic heterocycles. The zero-order chi connectivity index (χ0) is 17.7. The Kier molecular flexibility index (Phi) is 5.76. The molecule has 2 N–H and O–H groups in total. The first-order chi connectivity index (χ1) is 11.4. The van der Waals surface area contributed by atoms with Crippen LogP contribution in [0.5, 0.6) is 11.5 Å². The zero-order valence-electron chi connectivity index (χ0n) is 14.1.